The molecule has 1 heteroatoms. The van der Waals surface area contributed by atoms with E-state index in [4.69, 9.17) is 0 Å². The molecule has 1 aliphatic heterocycles. The third-order valence-corrected chi connectivity index (χ3v) is 3.98. The highest BCUT2D eigenvalue weighted by atomic mass is 15.1. The van der Waals surface area contributed by atoms with Gasteiger partial charge in [0, 0.05) is 6.54 Å². The van der Waals surface area contributed by atoms with Gasteiger partial charge in [-0.3, -0.25) is 0 Å². The summed E-state index contributed by atoms with van der Waals surface area (Å²) in [6, 6.07) is 0. The average Bonchev–Trinajstić information content (AvgIpc) is 2.16. The fraction of sp³-hybridized carbons (Fsp3) is 1.00. The number of rotatable bonds is 4. The van der Waals surface area contributed by atoms with Crippen LogP contribution in [0.15, 0.2) is 0 Å². The number of piperidine rings is 1. The van der Waals surface area contributed by atoms with Crippen molar-refractivity contribution in [1.29, 1.82) is 0 Å². The highest BCUT2D eigenvalue weighted by molar-refractivity contribution is 4.80. The van der Waals surface area contributed by atoms with Crippen molar-refractivity contribution in [3.8, 4) is 0 Å². The molecule has 1 aliphatic rings. The van der Waals surface area contributed by atoms with E-state index in [1.807, 2.05) is 0 Å². The van der Waals surface area contributed by atoms with E-state index in [1.54, 1.807) is 0 Å². The van der Waals surface area contributed by atoms with Crippen LogP contribution in [0, 0.1) is 23.7 Å². The maximum absolute atomic E-state index is 2.69. The minimum absolute atomic E-state index is 0.849. The maximum atomic E-state index is 2.69. The Hall–Kier alpha value is -0.0400. The molecule has 0 N–H and O–H groups in total. The van der Waals surface area contributed by atoms with Gasteiger partial charge in [0.05, 0.1) is 0 Å². The van der Waals surface area contributed by atoms with Gasteiger partial charge < -0.3 is 4.90 Å². The Morgan fingerprint density at radius 1 is 1.20 bits per heavy atom. The Balaban J connectivity index is 2.36. The largest absolute Gasteiger partial charge is 0.303 e. The molecular weight excluding hydrogens is 182 g/mol. The summed E-state index contributed by atoms with van der Waals surface area (Å²) < 4.78 is 0. The van der Waals surface area contributed by atoms with E-state index in [-0.39, 0.29) is 0 Å². The Morgan fingerprint density at radius 3 is 2.40 bits per heavy atom. The van der Waals surface area contributed by atoms with Crippen molar-refractivity contribution in [3.05, 3.63) is 0 Å². The van der Waals surface area contributed by atoms with Crippen LogP contribution in [0.3, 0.4) is 0 Å². The molecule has 2 unspecified atom stereocenters. The Kier molecular flexibility index (Phi) is 5.11. The predicted octanol–water partition coefficient (Wildman–Crippen LogP) is 3.65. The van der Waals surface area contributed by atoms with Gasteiger partial charge in [-0.05, 0) is 49.6 Å². The van der Waals surface area contributed by atoms with Crippen LogP contribution in [-0.4, -0.2) is 24.5 Å². The molecule has 0 amide bonds. The zero-order valence-electron chi connectivity index (χ0n) is 11.3. The lowest BCUT2D eigenvalue weighted by Gasteiger charge is -2.39. The summed E-state index contributed by atoms with van der Waals surface area (Å²) >= 11 is 0. The zero-order valence-corrected chi connectivity index (χ0v) is 11.3. The standard InChI is InChI=1S/C14H29N/c1-11(2)6-8-15-9-7-13(5)14(10-15)12(3)4/h11-14H,6-10H2,1-5H3. The molecule has 1 rings (SSSR count). The first kappa shape index (κ1) is 13.0. The van der Waals surface area contributed by atoms with Crippen molar-refractivity contribution in [2.75, 3.05) is 19.6 Å². The SMILES string of the molecule is CC(C)CCN1CCC(C)C(C(C)C)C1. The van der Waals surface area contributed by atoms with Gasteiger partial charge in [0.15, 0.2) is 0 Å². The quantitative estimate of drug-likeness (QED) is 0.686. The molecule has 0 aromatic heterocycles. The summed E-state index contributed by atoms with van der Waals surface area (Å²) in [6.07, 6.45) is 2.76. The van der Waals surface area contributed by atoms with Crippen LogP contribution >= 0.6 is 0 Å². The van der Waals surface area contributed by atoms with Gasteiger partial charge in [-0.25, -0.2) is 0 Å². The minimum atomic E-state index is 0.849. The summed E-state index contributed by atoms with van der Waals surface area (Å²) in [4.78, 5) is 2.69. The summed E-state index contributed by atoms with van der Waals surface area (Å²) in [6.45, 7) is 15.8. The van der Waals surface area contributed by atoms with E-state index in [0.717, 1.165) is 23.7 Å². The van der Waals surface area contributed by atoms with E-state index in [2.05, 4.69) is 39.5 Å². The van der Waals surface area contributed by atoms with Crippen LogP contribution < -0.4 is 0 Å². The lowest BCUT2D eigenvalue weighted by atomic mass is 9.79. The van der Waals surface area contributed by atoms with Crippen LogP contribution in [0.4, 0.5) is 0 Å². The molecule has 0 radical (unpaired) electrons. The Bertz CT molecular complexity index is 174. The molecule has 1 saturated heterocycles. The van der Waals surface area contributed by atoms with Gasteiger partial charge in [-0.15, -0.1) is 0 Å². The van der Waals surface area contributed by atoms with E-state index in [0.29, 0.717) is 0 Å². The summed E-state index contributed by atoms with van der Waals surface area (Å²) in [7, 11) is 0. The summed E-state index contributed by atoms with van der Waals surface area (Å²) in [5, 5.41) is 0. The maximum Gasteiger partial charge on any atom is 0.00147 e. The van der Waals surface area contributed by atoms with Gasteiger partial charge in [0.2, 0.25) is 0 Å². The highest BCUT2D eigenvalue weighted by Crippen LogP contribution is 2.29. The van der Waals surface area contributed by atoms with E-state index in [1.165, 1.54) is 32.5 Å². The molecule has 0 bridgehead atoms. The van der Waals surface area contributed by atoms with Gasteiger partial charge >= 0.3 is 0 Å². The number of hydrogen-bond donors (Lipinski definition) is 0. The molecule has 2 atom stereocenters. The second-order valence-electron chi connectivity index (χ2n) is 6.16. The lowest BCUT2D eigenvalue weighted by molar-refractivity contribution is 0.0943. The number of likely N-dealkylation sites (tertiary alicyclic amines) is 1. The second kappa shape index (κ2) is 5.89. The van der Waals surface area contributed by atoms with Crippen molar-refractivity contribution in [1.82, 2.24) is 4.90 Å². The Morgan fingerprint density at radius 2 is 1.87 bits per heavy atom. The fourth-order valence-corrected chi connectivity index (χ4v) is 2.68. The molecule has 0 aromatic carbocycles. The van der Waals surface area contributed by atoms with E-state index >= 15 is 0 Å². The highest BCUT2D eigenvalue weighted by Gasteiger charge is 2.27. The van der Waals surface area contributed by atoms with Crippen LogP contribution in [0.1, 0.15) is 47.5 Å². The smallest absolute Gasteiger partial charge is 0.00147 e. The molecule has 1 fully saturated rings. The number of nitrogens with zero attached hydrogens (tertiary/aromatic N) is 1. The zero-order chi connectivity index (χ0) is 11.4. The molecule has 15 heavy (non-hydrogen) atoms. The normalized spacial score (nSPS) is 29.0. The van der Waals surface area contributed by atoms with E-state index < -0.39 is 0 Å². The van der Waals surface area contributed by atoms with Gasteiger partial charge in [0.25, 0.3) is 0 Å². The van der Waals surface area contributed by atoms with Gasteiger partial charge in [0.1, 0.15) is 0 Å². The van der Waals surface area contributed by atoms with Crippen molar-refractivity contribution < 1.29 is 0 Å². The van der Waals surface area contributed by atoms with Crippen molar-refractivity contribution in [2.24, 2.45) is 23.7 Å². The van der Waals surface area contributed by atoms with Crippen LogP contribution in [0.5, 0.6) is 0 Å². The monoisotopic (exact) mass is 211 g/mol. The molecule has 90 valence electrons. The summed E-state index contributed by atoms with van der Waals surface area (Å²) in [5.74, 6) is 3.55. The minimum Gasteiger partial charge on any atom is -0.303 e. The number of hydrogen-bond acceptors (Lipinski definition) is 1. The average molecular weight is 211 g/mol. The molecule has 1 nitrogen and oxygen atoms in total. The predicted molar refractivity (Wildman–Crippen MR) is 68.0 cm³/mol. The Labute approximate surface area is 96.2 Å². The van der Waals surface area contributed by atoms with Crippen molar-refractivity contribution >= 4 is 0 Å². The third-order valence-electron chi connectivity index (χ3n) is 3.98. The lowest BCUT2D eigenvalue weighted by Crippen LogP contribution is -2.42. The van der Waals surface area contributed by atoms with Crippen molar-refractivity contribution in [2.45, 2.75) is 47.5 Å². The molecule has 0 aliphatic carbocycles. The molecule has 0 spiro atoms. The fourth-order valence-electron chi connectivity index (χ4n) is 2.68. The van der Waals surface area contributed by atoms with E-state index in [9.17, 15) is 0 Å². The first-order valence-electron chi connectivity index (χ1n) is 6.73. The molecular formula is C14H29N. The van der Waals surface area contributed by atoms with Gasteiger partial charge in [-0.2, -0.15) is 0 Å². The topological polar surface area (TPSA) is 3.24 Å². The molecule has 1 heterocycles. The van der Waals surface area contributed by atoms with Gasteiger partial charge in [-0.1, -0.05) is 34.6 Å². The first-order chi connectivity index (χ1) is 7.00. The van der Waals surface area contributed by atoms with Crippen LogP contribution in [-0.2, 0) is 0 Å². The third kappa shape index (κ3) is 4.14. The first-order valence-corrected chi connectivity index (χ1v) is 6.73. The van der Waals surface area contributed by atoms with Crippen LogP contribution in [0.2, 0.25) is 0 Å². The van der Waals surface area contributed by atoms with Crippen LogP contribution in [0.25, 0.3) is 0 Å². The molecule has 0 aromatic rings. The second-order valence-corrected chi connectivity index (χ2v) is 6.16. The molecule has 0 saturated carbocycles. The van der Waals surface area contributed by atoms with Crippen molar-refractivity contribution in [3.63, 3.8) is 0 Å². The summed E-state index contributed by atoms with van der Waals surface area (Å²) in [5.41, 5.74) is 0.